The minimum absolute atomic E-state index is 0.126. The van der Waals surface area contributed by atoms with Gasteiger partial charge in [-0.15, -0.1) is 0 Å². The van der Waals surface area contributed by atoms with Crippen molar-refractivity contribution in [2.45, 2.75) is 6.42 Å². The first-order chi connectivity index (χ1) is 14.5. The molecule has 1 N–H and O–H groups in total. The van der Waals surface area contributed by atoms with E-state index in [0.717, 1.165) is 22.7 Å². The Morgan fingerprint density at radius 3 is 2.60 bits per heavy atom. The number of nitro benzene ring substituents is 1. The number of carboxylic acid groups (broad SMARTS) is 1. The second-order valence-electron chi connectivity index (χ2n) is 6.72. The van der Waals surface area contributed by atoms with Crippen molar-refractivity contribution < 1.29 is 19.6 Å². The van der Waals surface area contributed by atoms with Crippen molar-refractivity contribution in [3.63, 3.8) is 0 Å². The molecule has 2 aromatic carbocycles. The fourth-order valence-electron chi connectivity index (χ4n) is 3.41. The Morgan fingerprint density at radius 1 is 1.17 bits per heavy atom. The smallest absolute Gasteiger partial charge is 0.335 e. The van der Waals surface area contributed by atoms with Gasteiger partial charge < -0.3 is 9.84 Å². The molecule has 0 aliphatic carbocycles. The molecule has 0 fully saturated rings. The second kappa shape index (κ2) is 7.67. The standard InChI is InChI=1S/C22H17N3O5/c1-30-18-7-8-20-19(21(23-24(20)13-18)15-5-3-2-4-6-15)11-14-9-16(22(26)27)12-17(10-14)25(28)29/h2-10,12-13H,11H2,1H3,(H,26,27). The first kappa shape index (κ1) is 19.1. The minimum Gasteiger partial charge on any atom is -0.495 e. The summed E-state index contributed by atoms with van der Waals surface area (Å²) in [6, 6.07) is 17.2. The SMILES string of the molecule is COc1ccc2c(Cc3cc(C(=O)O)cc([N+](=O)[O-])c3)c(-c3ccccc3)nn2c1. The van der Waals surface area contributed by atoms with E-state index in [0.29, 0.717) is 17.0 Å². The monoisotopic (exact) mass is 403 g/mol. The summed E-state index contributed by atoms with van der Waals surface area (Å²) in [6.45, 7) is 0. The van der Waals surface area contributed by atoms with Crippen LogP contribution in [0.3, 0.4) is 0 Å². The number of non-ortho nitro benzene ring substituents is 1. The quantitative estimate of drug-likeness (QED) is 0.382. The van der Waals surface area contributed by atoms with E-state index in [1.54, 1.807) is 17.8 Å². The fourth-order valence-corrected chi connectivity index (χ4v) is 3.41. The lowest BCUT2D eigenvalue weighted by atomic mass is 9.98. The summed E-state index contributed by atoms with van der Waals surface area (Å²) in [7, 11) is 1.57. The third-order valence-corrected chi connectivity index (χ3v) is 4.80. The number of carboxylic acids is 1. The largest absolute Gasteiger partial charge is 0.495 e. The van der Waals surface area contributed by atoms with Crippen molar-refractivity contribution in [3.05, 3.63) is 93.7 Å². The molecular formula is C22H17N3O5. The van der Waals surface area contributed by atoms with E-state index >= 15 is 0 Å². The molecule has 8 heteroatoms. The van der Waals surface area contributed by atoms with Gasteiger partial charge in [-0.1, -0.05) is 30.3 Å². The zero-order valence-electron chi connectivity index (χ0n) is 16.0. The molecule has 0 aliphatic heterocycles. The number of nitrogens with zero attached hydrogens (tertiary/aromatic N) is 3. The zero-order valence-corrected chi connectivity index (χ0v) is 16.0. The molecule has 4 rings (SSSR count). The van der Waals surface area contributed by atoms with Crippen LogP contribution >= 0.6 is 0 Å². The van der Waals surface area contributed by atoms with Gasteiger partial charge in [0.05, 0.1) is 35.0 Å². The number of nitro groups is 1. The Morgan fingerprint density at radius 2 is 1.93 bits per heavy atom. The van der Waals surface area contributed by atoms with Crippen LogP contribution in [0.4, 0.5) is 5.69 Å². The van der Waals surface area contributed by atoms with Crippen LogP contribution in [0, 0.1) is 10.1 Å². The van der Waals surface area contributed by atoms with Crippen molar-refractivity contribution in [1.82, 2.24) is 9.61 Å². The molecule has 0 amide bonds. The molecule has 0 aliphatic rings. The number of hydrogen-bond acceptors (Lipinski definition) is 5. The molecule has 0 unspecified atom stereocenters. The molecule has 0 spiro atoms. The highest BCUT2D eigenvalue weighted by Gasteiger charge is 2.19. The van der Waals surface area contributed by atoms with Gasteiger partial charge >= 0.3 is 5.97 Å². The zero-order chi connectivity index (χ0) is 21.3. The first-order valence-corrected chi connectivity index (χ1v) is 9.08. The number of aromatic carboxylic acids is 1. The number of rotatable bonds is 6. The number of fused-ring (bicyclic) bond motifs is 1. The molecular weight excluding hydrogens is 386 g/mol. The van der Waals surface area contributed by atoms with Gasteiger partial charge in [-0.3, -0.25) is 10.1 Å². The maximum atomic E-state index is 11.4. The summed E-state index contributed by atoms with van der Waals surface area (Å²) in [5.74, 6) is -0.576. The van der Waals surface area contributed by atoms with Crippen LogP contribution in [0.25, 0.3) is 16.8 Å². The lowest BCUT2D eigenvalue weighted by molar-refractivity contribution is -0.384. The van der Waals surface area contributed by atoms with E-state index in [-0.39, 0.29) is 17.7 Å². The van der Waals surface area contributed by atoms with Crippen LogP contribution in [0.1, 0.15) is 21.5 Å². The first-order valence-electron chi connectivity index (χ1n) is 9.08. The van der Waals surface area contributed by atoms with Gasteiger partial charge in [0.15, 0.2) is 0 Å². The van der Waals surface area contributed by atoms with Crippen LogP contribution in [0.5, 0.6) is 5.75 Å². The molecule has 30 heavy (non-hydrogen) atoms. The van der Waals surface area contributed by atoms with E-state index < -0.39 is 10.9 Å². The van der Waals surface area contributed by atoms with Crippen molar-refractivity contribution in [3.8, 4) is 17.0 Å². The average molecular weight is 403 g/mol. The van der Waals surface area contributed by atoms with E-state index in [1.807, 2.05) is 42.5 Å². The Labute approximate surface area is 171 Å². The minimum atomic E-state index is -1.21. The fraction of sp³-hybridized carbons (Fsp3) is 0.0909. The number of aromatic nitrogens is 2. The summed E-state index contributed by atoms with van der Waals surface area (Å²) in [4.78, 5) is 22.1. The third-order valence-electron chi connectivity index (χ3n) is 4.80. The predicted octanol–water partition coefficient (Wildman–Crippen LogP) is 4.21. The van der Waals surface area contributed by atoms with E-state index in [1.165, 1.54) is 12.1 Å². The number of ether oxygens (including phenoxy) is 1. The number of carbonyl (C=O) groups is 1. The van der Waals surface area contributed by atoms with Crippen LogP contribution in [0.2, 0.25) is 0 Å². The molecule has 2 aromatic heterocycles. The predicted molar refractivity (Wildman–Crippen MR) is 110 cm³/mol. The van der Waals surface area contributed by atoms with Crippen molar-refractivity contribution in [2.75, 3.05) is 7.11 Å². The van der Waals surface area contributed by atoms with Gasteiger partial charge in [0, 0.05) is 29.7 Å². The second-order valence-corrected chi connectivity index (χ2v) is 6.72. The van der Waals surface area contributed by atoms with Gasteiger partial charge in [0.1, 0.15) is 5.75 Å². The normalized spacial score (nSPS) is 10.8. The summed E-state index contributed by atoms with van der Waals surface area (Å²) >= 11 is 0. The van der Waals surface area contributed by atoms with Gasteiger partial charge in [-0.05, 0) is 23.8 Å². The van der Waals surface area contributed by atoms with E-state index in [9.17, 15) is 20.0 Å². The van der Waals surface area contributed by atoms with Gasteiger partial charge in [-0.2, -0.15) is 5.10 Å². The van der Waals surface area contributed by atoms with Crippen LogP contribution < -0.4 is 4.74 Å². The highest BCUT2D eigenvalue weighted by molar-refractivity contribution is 5.88. The van der Waals surface area contributed by atoms with Crippen molar-refractivity contribution in [1.29, 1.82) is 0 Å². The molecule has 2 heterocycles. The molecule has 150 valence electrons. The Balaban J connectivity index is 1.90. The maximum Gasteiger partial charge on any atom is 0.335 e. The number of pyridine rings is 1. The molecule has 0 saturated heterocycles. The van der Waals surface area contributed by atoms with E-state index in [4.69, 9.17) is 4.74 Å². The summed E-state index contributed by atoms with van der Waals surface area (Å²) < 4.78 is 6.98. The lowest BCUT2D eigenvalue weighted by Gasteiger charge is -2.06. The molecule has 0 saturated carbocycles. The molecule has 4 aromatic rings. The Hall–Kier alpha value is -4.20. The summed E-state index contributed by atoms with van der Waals surface area (Å²) in [5, 5.41) is 25.3. The maximum absolute atomic E-state index is 11.4. The number of methoxy groups -OCH3 is 1. The molecule has 0 radical (unpaired) electrons. The number of hydrogen-bond donors (Lipinski definition) is 1. The summed E-state index contributed by atoms with van der Waals surface area (Å²) in [6.07, 6.45) is 2.03. The van der Waals surface area contributed by atoms with Gasteiger partial charge in [0.25, 0.3) is 5.69 Å². The van der Waals surface area contributed by atoms with Gasteiger partial charge in [0.2, 0.25) is 0 Å². The average Bonchev–Trinajstić information content (AvgIpc) is 3.11. The van der Waals surface area contributed by atoms with Crippen LogP contribution in [-0.4, -0.2) is 32.7 Å². The molecule has 0 atom stereocenters. The Bertz CT molecular complexity index is 1230. The van der Waals surface area contributed by atoms with Gasteiger partial charge in [-0.25, -0.2) is 9.31 Å². The van der Waals surface area contributed by atoms with Crippen LogP contribution in [-0.2, 0) is 6.42 Å². The molecule has 0 bridgehead atoms. The highest BCUT2D eigenvalue weighted by atomic mass is 16.6. The highest BCUT2D eigenvalue weighted by Crippen LogP contribution is 2.30. The lowest BCUT2D eigenvalue weighted by Crippen LogP contribution is -2.01. The van der Waals surface area contributed by atoms with Crippen molar-refractivity contribution >= 4 is 17.2 Å². The summed E-state index contributed by atoms with van der Waals surface area (Å²) in [5.41, 5.74) is 3.37. The Kier molecular flexibility index (Phi) is 4.89. The molecule has 8 nitrogen and oxygen atoms in total. The number of benzene rings is 2. The topological polar surface area (TPSA) is 107 Å². The van der Waals surface area contributed by atoms with E-state index in [2.05, 4.69) is 5.10 Å². The van der Waals surface area contributed by atoms with Crippen molar-refractivity contribution in [2.24, 2.45) is 0 Å². The van der Waals surface area contributed by atoms with Crippen LogP contribution in [0.15, 0.2) is 66.9 Å². The third kappa shape index (κ3) is 3.58.